The van der Waals surface area contributed by atoms with Crippen LogP contribution < -0.4 is 11.1 Å². The number of carbonyl (C=O) groups excluding carboxylic acids is 5. The zero-order valence-electron chi connectivity index (χ0n) is 21.7. The van der Waals surface area contributed by atoms with Crippen LogP contribution in [0.2, 0.25) is 0 Å². The maximum atomic E-state index is 13.9. The molecule has 1 aromatic rings. The van der Waals surface area contributed by atoms with Gasteiger partial charge in [-0.1, -0.05) is 19.9 Å². The first-order valence-corrected chi connectivity index (χ1v) is 12.8. The minimum Gasteiger partial charge on any atom is -0.507 e. The standard InChI is InChI=1S/C27H35N3O7/c1-5-7-29-11-14-8-12(6-2)15-9-13-10-16-20(30(3)4)23(33)19(26(28)36)25(35)27(16,37)24(34)17(13)22(32)18(15)21(14)31/h8,13,16-17,19-20,29,31,37H,5-7,9-11H2,1-4H3,(H2,28,36)/t13-,16-,17?,19?,20-,27-/m0/s1. The smallest absolute Gasteiger partial charge is 0.235 e. The summed E-state index contributed by atoms with van der Waals surface area (Å²) in [5.41, 5.74) is 4.78. The van der Waals surface area contributed by atoms with E-state index in [-0.39, 0.29) is 24.2 Å². The number of hydrogen-bond acceptors (Lipinski definition) is 9. The van der Waals surface area contributed by atoms with Crippen LogP contribution in [0.15, 0.2) is 6.07 Å². The fraction of sp³-hybridized carbons (Fsp3) is 0.593. The van der Waals surface area contributed by atoms with Gasteiger partial charge in [0.05, 0.1) is 17.5 Å². The first-order valence-electron chi connectivity index (χ1n) is 12.8. The molecule has 0 aromatic heterocycles. The number of primary amides is 1. The van der Waals surface area contributed by atoms with E-state index in [2.05, 4.69) is 5.32 Å². The molecule has 2 unspecified atom stereocenters. The third-order valence-corrected chi connectivity index (χ3v) is 8.36. The van der Waals surface area contributed by atoms with Crippen LogP contribution in [-0.2, 0) is 38.6 Å². The van der Waals surface area contributed by atoms with Crippen molar-refractivity contribution in [2.24, 2.45) is 29.4 Å². The molecule has 0 bridgehead atoms. The van der Waals surface area contributed by atoms with Gasteiger partial charge in [0, 0.05) is 18.0 Å². The van der Waals surface area contributed by atoms with Crippen molar-refractivity contribution in [3.63, 3.8) is 0 Å². The van der Waals surface area contributed by atoms with Crippen LogP contribution in [0.25, 0.3) is 0 Å². The Hall–Kier alpha value is -2.95. The topological polar surface area (TPSA) is 167 Å². The molecule has 4 rings (SSSR count). The second kappa shape index (κ2) is 9.74. The van der Waals surface area contributed by atoms with Gasteiger partial charge in [0.2, 0.25) is 5.91 Å². The molecule has 200 valence electrons. The molecular weight excluding hydrogens is 478 g/mol. The predicted molar refractivity (Wildman–Crippen MR) is 133 cm³/mol. The van der Waals surface area contributed by atoms with E-state index in [9.17, 15) is 34.2 Å². The number of rotatable bonds is 7. The van der Waals surface area contributed by atoms with E-state index in [4.69, 9.17) is 5.73 Å². The largest absolute Gasteiger partial charge is 0.507 e. The summed E-state index contributed by atoms with van der Waals surface area (Å²) in [4.78, 5) is 67.8. The van der Waals surface area contributed by atoms with Crippen LogP contribution in [0.3, 0.4) is 0 Å². The molecule has 0 radical (unpaired) electrons. The highest BCUT2D eigenvalue weighted by Gasteiger charge is 2.69. The zero-order chi connectivity index (χ0) is 27.4. The molecule has 2 fully saturated rings. The van der Waals surface area contributed by atoms with Crippen LogP contribution in [0, 0.1) is 23.7 Å². The molecular formula is C27H35N3O7. The highest BCUT2D eigenvalue weighted by molar-refractivity contribution is 6.32. The molecule has 2 saturated carbocycles. The average molecular weight is 514 g/mol. The second-order valence-corrected chi connectivity index (χ2v) is 10.7. The monoisotopic (exact) mass is 513 g/mol. The zero-order valence-corrected chi connectivity index (χ0v) is 21.7. The Bertz CT molecular complexity index is 1190. The van der Waals surface area contributed by atoms with Crippen molar-refractivity contribution in [3.8, 4) is 5.75 Å². The number of ketones is 4. The van der Waals surface area contributed by atoms with E-state index in [1.807, 2.05) is 19.9 Å². The number of carbonyl (C=O) groups is 5. The van der Waals surface area contributed by atoms with E-state index in [0.717, 1.165) is 18.5 Å². The molecule has 1 aromatic carbocycles. The van der Waals surface area contributed by atoms with Crippen molar-refractivity contribution >= 4 is 29.0 Å². The number of phenols is 1. The summed E-state index contributed by atoms with van der Waals surface area (Å²) < 4.78 is 0. The number of likely N-dealkylation sites (N-methyl/N-ethyl adjacent to an activating group) is 1. The lowest BCUT2D eigenvalue weighted by molar-refractivity contribution is -0.181. The SMILES string of the molecule is CCCNCc1cc(CC)c2c(c1O)C(=O)C1C(=O)[C@]3(O)C(=O)C(C(N)=O)C(=O)[C@@H](N(C)C)[C@@H]3C[C@@H]1C2. The lowest BCUT2D eigenvalue weighted by Crippen LogP contribution is -2.74. The van der Waals surface area contributed by atoms with E-state index in [1.165, 1.54) is 4.90 Å². The summed E-state index contributed by atoms with van der Waals surface area (Å²) in [6.07, 6.45) is 1.83. The number of nitrogens with one attached hydrogen (secondary N) is 1. The summed E-state index contributed by atoms with van der Waals surface area (Å²) in [6.45, 7) is 5.02. The number of benzene rings is 1. The Morgan fingerprint density at radius 1 is 1.16 bits per heavy atom. The number of fused-ring (bicyclic) bond motifs is 3. The first-order chi connectivity index (χ1) is 17.4. The van der Waals surface area contributed by atoms with Crippen molar-refractivity contribution in [1.82, 2.24) is 10.2 Å². The van der Waals surface area contributed by atoms with Gasteiger partial charge in [-0.05, 0) is 63.4 Å². The summed E-state index contributed by atoms with van der Waals surface area (Å²) >= 11 is 0. The number of phenolic OH excluding ortho intramolecular Hbond substituents is 1. The van der Waals surface area contributed by atoms with E-state index in [1.54, 1.807) is 14.1 Å². The third kappa shape index (κ3) is 3.93. The Morgan fingerprint density at radius 2 is 1.84 bits per heavy atom. The molecule has 10 heteroatoms. The molecule has 1 amide bonds. The molecule has 3 aliphatic rings. The van der Waals surface area contributed by atoms with Crippen LogP contribution in [0.5, 0.6) is 5.75 Å². The molecule has 0 heterocycles. The molecule has 37 heavy (non-hydrogen) atoms. The summed E-state index contributed by atoms with van der Waals surface area (Å²) in [5.74, 6) is -10.2. The first kappa shape index (κ1) is 27.1. The van der Waals surface area contributed by atoms with Gasteiger partial charge >= 0.3 is 0 Å². The van der Waals surface area contributed by atoms with Gasteiger partial charge in [-0.25, -0.2) is 0 Å². The van der Waals surface area contributed by atoms with Crippen LogP contribution in [0.4, 0.5) is 0 Å². The molecule has 5 N–H and O–H groups in total. The van der Waals surface area contributed by atoms with Crippen molar-refractivity contribution in [1.29, 1.82) is 0 Å². The minimum absolute atomic E-state index is 0.0492. The van der Waals surface area contributed by atoms with Gasteiger partial charge in [-0.3, -0.25) is 28.9 Å². The quantitative estimate of drug-likeness (QED) is 0.288. The van der Waals surface area contributed by atoms with Crippen molar-refractivity contribution in [3.05, 3.63) is 28.3 Å². The van der Waals surface area contributed by atoms with Gasteiger partial charge < -0.3 is 21.3 Å². The van der Waals surface area contributed by atoms with Crippen molar-refractivity contribution in [2.45, 2.75) is 57.7 Å². The van der Waals surface area contributed by atoms with Crippen LogP contribution in [0.1, 0.15) is 53.7 Å². The number of hydrogen-bond donors (Lipinski definition) is 4. The highest BCUT2D eigenvalue weighted by Crippen LogP contribution is 2.51. The predicted octanol–water partition coefficient (Wildman–Crippen LogP) is -0.0710. The number of aliphatic hydroxyl groups is 1. The van der Waals surface area contributed by atoms with E-state index >= 15 is 0 Å². The number of amides is 1. The molecule has 3 aliphatic carbocycles. The van der Waals surface area contributed by atoms with Crippen molar-refractivity contribution in [2.75, 3.05) is 20.6 Å². The Balaban J connectivity index is 1.84. The number of nitrogens with two attached hydrogens (primary N) is 1. The fourth-order valence-electron chi connectivity index (χ4n) is 6.66. The summed E-state index contributed by atoms with van der Waals surface area (Å²) in [5, 5.41) is 26.0. The fourth-order valence-corrected chi connectivity index (χ4v) is 6.66. The van der Waals surface area contributed by atoms with Gasteiger partial charge in [-0.2, -0.15) is 0 Å². The van der Waals surface area contributed by atoms with Crippen LogP contribution >= 0.6 is 0 Å². The Morgan fingerprint density at radius 3 is 2.41 bits per heavy atom. The molecule has 0 spiro atoms. The Kier molecular flexibility index (Phi) is 7.13. The maximum absolute atomic E-state index is 13.9. The maximum Gasteiger partial charge on any atom is 0.235 e. The molecule has 10 nitrogen and oxygen atoms in total. The van der Waals surface area contributed by atoms with Crippen LogP contribution in [-0.4, -0.2) is 76.4 Å². The number of aromatic hydroxyl groups is 1. The highest BCUT2D eigenvalue weighted by atomic mass is 16.3. The van der Waals surface area contributed by atoms with Gasteiger partial charge in [0.25, 0.3) is 0 Å². The average Bonchev–Trinajstić information content (AvgIpc) is 2.82. The normalized spacial score (nSPS) is 31.2. The van der Waals surface area contributed by atoms with E-state index < -0.39 is 64.4 Å². The number of aryl methyl sites for hydroxylation is 1. The summed E-state index contributed by atoms with van der Waals surface area (Å²) in [7, 11) is 3.13. The second-order valence-electron chi connectivity index (χ2n) is 10.7. The van der Waals surface area contributed by atoms with Gasteiger partial charge in [-0.15, -0.1) is 0 Å². The van der Waals surface area contributed by atoms with E-state index in [0.29, 0.717) is 24.1 Å². The lowest BCUT2D eigenvalue weighted by atomic mass is 9.52. The summed E-state index contributed by atoms with van der Waals surface area (Å²) in [6, 6.07) is 0.770. The number of Topliss-reactive ketones (excluding diaryl/α,β-unsaturated/α-hetero) is 4. The number of nitrogens with zero attached hydrogens (tertiary/aromatic N) is 1. The minimum atomic E-state index is -2.71. The van der Waals surface area contributed by atoms with Gasteiger partial charge in [0.1, 0.15) is 5.75 Å². The van der Waals surface area contributed by atoms with Crippen molar-refractivity contribution < 1.29 is 34.2 Å². The van der Waals surface area contributed by atoms with Gasteiger partial charge in [0.15, 0.2) is 34.7 Å². The molecule has 0 saturated heterocycles. The third-order valence-electron chi connectivity index (χ3n) is 8.36. The molecule has 6 atom stereocenters. The Labute approximate surface area is 215 Å². The lowest BCUT2D eigenvalue weighted by Gasteiger charge is -2.52. The molecule has 0 aliphatic heterocycles.